The molecule has 1 unspecified atom stereocenters. The van der Waals surface area contributed by atoms with Crippen LogP contribution < -0.4 is 24.8 Å². The Morgan fingerprint density at radius 1 is 1.18 bits per heavy atom. The van der Waals surface area contributed by atoms with Crippen LogP contribution in [0.25, 0.3) is 0 Å². The van der Waals surface area contributed by atoms with Gasteiger partial charge in [-0.2, -0.15) is 17.7 Å². The zero-order chi connectivity index (χ0) is 13.7. The van der Waals surface area contributed by atoms with E-state index in [4.69, 9.17) is 0 Å². The van der Waals surface area contributed by atoms with Crippen molar-refractivity contribution in [2.45, 2.75) is 44.9 Å². The van der Waals surface area contributed by atoms with Crippen LogP contribution in [-0.2, 0) is 31.9 Å². The first-order valence-electron chi connectivity index (χ1n) is 7.45. The van der Waals surface area contributed by atoms with E-state index >= 15 is 0 Å². The van der Waals surface area contributed by atoms with Gasteiger partial charge in [-0.3, -0.25) is 0 Å². The second-order valence-electron chi connectivity index (χ2n) is 6.84. The van der Waals surface area contributed by atoms with E-state index < -0.39 is 8.07 Å². The van der Waals surface area contributed by atoms with Crippen molar-refractivity contribution in [1.29, 1.82) is 0 Å². The molecule has 1 saturated carbocycles. The second-order valence-corrected chi connectivity index (χ2v) is 12.3. The van der Waals surface area contributed by atoms with Crippen molar-refractivity contribution in [2.75, 3.05) is 0 Å². The summed E-state index contributed by atoms with van der Waals surface area (Å²) in [7, 11) is -0.862. The molecule has 120 valence electrons. The second kappa shape index (κ2) is 11.8. The molecule has 1 aromatic rings. The zero-order valence-corrected chi connectivity index (χ0v) is 19.9. The van der Waals surface area contributed by atoms with Gasteiger partial charge in [-0.15, -0.1) is 18.6 Å². The number of halogens is 2. The molecule has 22 heavy (non-hydrogen) atoms. The number of fused-ring (bicyclic) bond motifs is 1. The Bertz CT molecular complexity index is 444. The maximum atomic E-state index is 2.40. The third-order valence-electron chi connectivity index (χ3n) is 3.68. The number of hydrogen-bond donors (Lipinski definition) is 0. The van der Waals surface area contributed by atoms with Gasteiger partial charge in [0.1, 0.15) is 0 Å². The quantitative estimate of drug-likeness (QED) is 0.359. The van der Waals surface area contributed by atoms with Crippen molar-refractivity contribution in [3.8, 4) is 0 Å². The standard InChI is InChI=1S/C9H15Si.C9H11.2ClH.Hf/c1-10(2,3)8-9-6-4-5-7-9;1-2-5-9-7-3-6-8(9)4-1;;;/h4-7H,8H2,1-3H3;1-2,4,6,9H,3,5,7H2;2*1H;/q2*-1;;;+4/p-2. The fraction of sp³-hybridized carbons (Fsp3) is 0.444. The molecule has 0 N–H and O–H groups in total. The van der Waals surface area contributed by atoms with E-state index in [-0.39, 0.29) is 50.7 Å². The van der Waals surface area contributed by atoms with Crippen molar-refractivity contribution in [3.63, 3.8) is 0 Å². The van der Waals surface area contributed by atoms with Crippen LogP contribution in [0.3, 0.4) is 0 Å². The number of hydrogen-bond acceptors (Lipinski definition) is 0. The van der Waals surface area contributed by atoms with Crippen LogP contribution in [0.5, 0.6) is 0 Å². The van der Waals surface area contributed by atoms with Crippen LogP contribution in [0.4, 0.5) is 0 Å². The largest absolute Gasteiger partial charge is 4.00 e. The molecule has 1 fully saturated rings. The molecule has 1 atom stereocenters. The van der Waals surface area contributed by atoms with Crippen LogP contribution >= 0.6 is 0 Å². The molecule has 1 aromatic carbocycles. The summed E-state index contributed by atoms with van der Waals surface area (Å²) in [6.07, 6.45) is 13.0. The summed E-state index contributed by atoms with van der Waals surface area (Å²) in [6.45, 7) is 7.21. The smallest absolute Gasteiger partial charge is 1.00 e. The molecule has 0 amide bonds. The molecule has 0 saturated heterocycles. The van der Waals surface area contributed by atoms with Crippen LogP contribution in [-0.4, -0.2) is 8.07 Å². The maximum Gasteiger partial charge on any atom is 4.00 e. The Kier molecular flexibility index (Phi) is 13.2. The molecule has 2 aliphatic rings. The summed E-state index contributed by atoms with van der Waals surface area (Å²) in [5.41, 5.74) is 3.09. The molecule has 0 bridgehead atoms. The van der Waals surface area contributed by atoms with Crippen LogP contribution in [0.2, 0.25) is 19.6 Å². The van der Waals surface area contributed by atoms with Crippen molar-refractivity contribution in [1.82, 2.24) is 0 Å². The fourth-order valence-corrected chi connectivity index (χ4v) is 4.27. The van der Waals surface area contributed by atoms with Gasteiger partial charge in [0.2, 0.25) is 0 Å². The molecular weight excluding hydrogens is 494 g/mol. The van der Waals surface area contributed by atoms with Crippen molar-refractivity contribution >= 4 is 8.07 Å². The first kappa shape index (κ1) is 24.6. The molecule has 3 rings (SSSR count). The molecule has 2 aliphatic carbocycles. The van der Waals surface area contributed by atoms with E-state index in [9.17, 15) is 0 Å². The third kappa shape index (κ3) is 8.86. The summed E-state index contributed by atoms with van der Waals surface area (Å²) in [5, 5.41) is 0. The molecule has 0 radical (unpaired) electrons. The van der Waals surface area contributed by atoms with E-state index in [1.807, 2.05) is 0 Å². The molecule has 4 heteroatoms. The Hall–Kier alpha value is 0.367. The Labute approximate surface area is 168 Å². The molecule has 0 aromatic heterocycles. The summed E-state index contributed by atoms with van der Waals surface area (Å²) < 4.78 is 0. The first-order valence-corrected chi connectivity index (χ1v) is 11.2. The summed E-state index contributed by atoms with van der Waals surface area (Å²) >= 11 is 0. The van der Waals surface area contributed by atoms with Crippen molar-refractivity contribution in [3.05, 3.63) is 60.1 Å². The molecular formula is C18H26Cl2HfSi. The summed E-state index contributed by atoms with van der Waals surface area (Å²) in [6, 6.07) is 10.0. The zero-order valence-electron chi connectivity index (χ0n) is 13.8. The van der Waals surface area contributed by atoms with Gasteiger partial charge in [0.25, 0.3) is 0 Å². The van der Waals surface area contributed by atoms with Gasteiger partial charge in [0.05, 0.1) is 0 Å². The van der Waals surface area contributed by atoms with E-state index in [1.165, 1.54) is 30.9 Å². The summed E-state index contributed by atoms with van der Waals surface area (Å²) in [4.78, 5) is 0. The van der Waals surface area contributed by atoms with E-state index in [1.54, 1.807) is 5.57 Å². The molecule has 0 spiro atoms. The van der Waals surface area contributed by atoms with Gasteiger partial charge in [0, 0.05) is 8.07 Å². The summed E-state index contributed by atoms with van der Waals surface area (Å²) in [5.74, 6) is 0.884. The fourth-order valence-electron chi connectivity index (χ4n) is 2.81. The minimum Gasteiger partial charge on any atom is -1.00 e. The first-order chi connectivity index (χ1) is 9.04. The average molecular weight is 520 g/mol. The minimum absolute atomic E-state index is 0. The Morgan fingerprint density at radius 3 is 2.36 bits per heavy atom. The van der Waals surface area contributed by atoms with Crippen LogP contribution in [0.15, 0.2) is 48.1 Å². The monoisotopic (exact) mass is 520 g/mol. The molecule has 0 heterocycles. The van der Waals surface area contributed by atoms with Crippen LogP contribution in [0, 0.1) is 12.3 Å². The van der Waals surface area contributed by atoms with E-state index in [2.05, 4.69) is 68.6 Å². The predicted molar refractivity (Wildman–Crippen MR) is 87.9 cm³/mol. The van der Waals surface area contributed by atoms with E-state index in [0.29, 0.717) is 0 Å². The predicted octanol–water partition coefficient (Wildman–Crippen LogP) is -0.682. The van der Waals surface area contributed by atoms with Gasteiger partial charge in [-0.25, -0.2) is 30.2 Å². The van der Waals surface area contributed by atoms with Gasteiger partial charge >= 0.3 is 25.8 Å². The Balaban J connectivity index is 0. The average Bonchev–Trinajstić information content (AvgIpc) is 2.97. The van der Waals surface area contributed by atoms with Gasteiger partial charge in [0.15, 0.2) is 0 Å². The van der Waals surface area contributed by atoms with Gasteiger partial charge in [-0.05, 0) is 12.3 Å². The molecule has 0 nitrogen and oxygen atoms in total. The third-order valence-corrected chi connectivity index (χ3v) is 5.15. The number of rotatable bonds is 2. The number of allylic oxidation sites excluding steroid dienone is 4. The topological polar surface area (TPSA) is 0 Å². The van der Waals surface area contributed by atoms with Crippen molar-refractivity contribution < 1.29 is 50.7 Å². The Morgan fingerprint density at radius 2 is 1.82 bits per heavy atom. The SMILES string of the molecule is C1=CCC2CC[CH-]C2=C1.C[Si](C)(C)C[c-]1cccc1.[Cl-].[Cl-].[Hf+4]. The minimum atomic E-state index is -0.862. The van der Waals surface area contributed by atoms with Crippen LogP contribution in [0.1, 0.15) is 24.8 Å². The molecule has 0 aliphatic heterocycles. The normalized spacial score (nSPS) is 18.1. The van der Waals surface area contributed by atoms with Gasteiger partial charge < -0.3 is 24.8 Å². The van der Waals surface area contributed by atoms with Gasteiger partial charge in [-0.1, -0.05) is 32.1 Å². The van der Waals surface area contributed by atoms with E-state index in [0.717, 1.165) is 5.92 Å². The maximum absolute atomic E-state index is 2.40. The van der Waals surface area contributed by atoms with Crippen molar-refractivity contribution in [2.24, 2.45) is 5.92 Å².